The Labute approximate surface area is 213 Å². The summed E-state index contributed by atoms with van der Waals surface area (Å²) in [7, 11) is 1.64. The van der Waals surface area contributed by atoms with Gasteiger partial charge in [-0.3, -0.25) is 9.79 Å². The lowest BCUT2D eigenvalue weighted by molar-refractivity contribution is 0.102. The maximum absolute atomic E-state index is 16.1. The predicted molar refractivity (Wildman–Crippen MR) is 140 cm³/mol. The van der Waals surface area contributed by atoms with Gasteiger partial charge in [0.05, 0.1) is 17.2 Å². The fourth-order valence-electron chi connectivity index (χ4n) is 4.57. The van der Waals surface area contributed by atoms with E-state index in [4.69, 9.17) is 0 Å². The number of nitrogens with zero attached hydrogens (tertiary/aromatic N) is 5. The van der Waals surface area contributed by atoms with Gasteiger partial charge in [0.15, 0.2) is 5.82 Å². The maximum Gasteiger partial charge on any atom is 0.255 e. The van der Waals surface area contributed by atoms with Gasteiger partial charge >= 0.3 is 0 Å². The molecule has 186 valence electrons. The molecule has 0 saturated heterocycles. The molecule has 1 amide bonds. The smallest absolute Gasteiger partial charge is 0.255 e. The van der Waals surface area contributed by atoms with E-state index in [1.807, 2.05) is 17.6 Å². The van der Waals surface area contributed by atoms with Gasteiger partial charge in [0.25, 0.3) is 5.91 Å². The van der Waals surface area contributed by atoms with Gasteiger partial charge in [-0.1, -0.05) is 18.2 Å². The van der Waals surface area contributed by atoms with Crippen LogP contribution >= 0.6 is 0 Å². The maximum atomic E-state index is 16.1. The average Bonchev–Trinajstić information content (AvgIpc) is 3.41. The number of fused-ring (bicyclic) bond motifs is 3. The lowest BCUT2D eigenvalue weighted by Gasteiger charge is -2.20. The van der Waals surface area contributed by atoms with Gasteiger partial charge in [-0.2, -0.15) is 10.2 Å². The van der Waals surface area contributed by atoms with Crippen LogP contribution in [0.2, 0.25) is 0 Å². The minimum atomic E-state index is -0.755. The Morgan fingerprint density at radius 2 is 2.08 bits per heavy atom. The molecule has 8 nitrogen and oxygen atoms in total. The van der Waals surface area contributed by atoms with Crippen molar-refractivity contribution >= 4 is 17.4 Å². The quantitative estimate of drug-likeness (QED) is 0.433. The second-order valence-corrected chi connectivity index (χ2v) is 9.55. The van der Waals surface area contributed by atoms with Crippen molar-refractivity contribution in [3.8, 4) is 28.6 Å². The number of nitrogens with one attached hydrogen (secondary N) is 2. The molecule has 9 heteroatoms. The second-order valence-electron chi connectivity index (χ2n) is 9.55. The van der Waals surface area contributed by atoms with Crippen LogP contribution in [0, 0.1) is 24.1 Å². The van der Waals surface area contributed by atoms with Gasteiger partial charge in [0.2, 0.25) is 5.62 Å². The molecule has 2 aromatic carbocycles. The Morgan fingerprint density at radius 1 is 1.27 bits per heavy atom. The average molecular weight is 496 g/mol. The van der Waals surface area contributed by atoms with Crippen LogP contribution in [0.5, 0.6) is 0 Å². The molecule has 0 radical (unpaired) electrons. The molecule has 0 saturated carbocycles. The van der Waals surface area contributed by atoms with E-state index in [0.717, 1.165) is 22.8 Å². The highest BCUT2D eigenvalue weighted by Gasteiger charge is 2.26. The summed E-state index contributed by atoms with van der Waals surface area (Å²) in [6.45, 7) is 6.76. The van der Waals surface area contributed by atoms with E-state index in [2.05, 4.69) is 31.7 Å². The topological polar surface area (TPSA) is 108 Å². The number of rotatable bonds is 4. The van der Waals surface area contributed by atoms with Crippen LogP contribution in [-0.4, -0.2) is 34.0 Å². The zero-order chi connectivity index (χ0) is 26.3. The van der Waals surface area contributed by atoms with Crippen LogP contribution in [-0.2, 0) is 12.0 Å². The zero-order valence-electron chi connectivity index (χ0n) is 21.1. The molecule has 2 N–H and O–H groups in total. The summed E-state index contributed by atoms with van der Waals surface area (Å²) in [5.74, 6) is 0.496. The molecule has 37 heavy (non-hydrogen) atoms. The lowest BCUT2D eigenvalue weighted by atomic mass is 9.85. The van der Waals surface area contributed by atoms with Crippen LogP contribution in [0.25, 0.3) is 22.5 Å². The number of aromatic nitrogens is 3. The van der Waals surface area contributed by atoms with Crippen molar-refractivity contribution in [2.45, 2.75) is 32.7 Å². The van der Waals surface area contributed by atoms with Crippen LogP contribution in [0.3, 0.4) is 0 Å². The van der Waals surface area contributed by atoms with E-state index in [1.54, 1.807) is 63.5 Å². The highest BCUT2D eigenvalue weighted by molar-refractivity contribution is 6.05. The number of hydrogen-bond acceptors (Lipinski definition) is 6. The van der Waals surface area contributed by atoms with Gasteiger partial charge in [-0.05, 0) is 56.2 Å². The molecule has 2 aromatic rings. The molecule has 0 unspecified atom stereocenters. The number of anilines is 2. The highest BCUT2D eigenvalue weighted by Crippen LogP contribution is 2.40. The fourth-order valence-corrected chi connectivity index (χ4v) is 4.57. The first kappa shape index (κ1) is 24.1. The van der Waals surface area contributed by atoms with Gasteiger partial charge in [-0.15, -0.1) is 0 Å². The molecule has 3 heterocycles. The first-order chi connectivity index (χ1) is 17.7. The minimum Gasteiger partial charge on any atom is -0.369 e. The third kappa shape index (κ3) is 4.20. The van der Waals surface area contributed by atoms with E-state index in [9.17, 15) is 10.1 Å². The van der Waals surface area contributed by atoms with Crippen molar-refractivity contribution in [2.24, 2.45) is 4.99 Å². The number of benzene rings is 2. The van der Waals surface area contributed by atoms with Gasteiger partial charge in [0, 0.05) is 48.6 Å². The summed E-state index contributed by atoms with van der Waals surface area (Å²) in [4.78, 5) is 26.0. The minimum absolute atomic E-state index is 0.0729. The van der Waals surface area contributed by atoms with Crippen molar-refractivity contribution in [1.82, 2.24) is 14.5 Å². The van der Waals surface area contributed by atoms with Crippen molar-refractivity contribution in [1.29, 1.82) is 5.26 Å². The molecule has 3 aliphatic rings. The summed E-state index contributed by atoms with van der Waals surface area (Å²) in [6.07, 6.45) is 1.69. The van der Waals surface area contributed by atoms with Crippen LogP contribution in [0.4, 0.5) is 15.9 Å². The van der Waals surface area contributed by atoms with Gasteiger partial charge in [0.1, 0.15) is 11.6 Å². The van der Waals surface area contributed by atoms with E-state index >= 15 is 4.39 Å². The first-order valence-electron chi connectivity index (χ1n) is 11.9. The first-order valence-corrected chi connectivity index (χ1v) is 11.9. The lowest BCUT2D eigenvalue weighted by Crippen LogP contribution is -2.18. The number of carbonyl (C=O) groups is 1. The molecule has 3 aliphatic heterocycles. The third-order valence-corrected chi connectivity index (χ3v) is 6.69. The summed E-state index contributed by atoms with van der Waals surface area (Å²) in [5, 5.41) is 15.5. The Morgan fingerprint density at radius 3 is 2.84 bits per heavy atom. The molecule has 0 bridgehead atoms. The molecule has 0 aromatic heterocycles. The molecular weight excluding hydrogens is 469 g/mol. The largest absolute Gasteiger partial charge is 0.369 e. The summed E-state index contributed by atoms with van der Waals surface area (Å²) in [5.41, 5.74) is 3.31. The number of nitriles is 1. The molecule has 5 rings (SSSR count). The SMILES string of the molecule is CN=c1ncc2cc(-c3c(C)ccc(NC(=O)c4cccc(C(C)(C)C#N)c4)c3F)c3n(c-2n1)CCN3. The Kier molecular flexibility index (Phi) is 5.96. The predicted octanol–water partition coefficient (Wildman–Crippen LogP) is 4.51. The number of hydrogen-bond donors (Lipinski definition) is 2. The van der Waals surface area contributed by atoms with Crippen molar-refractivity contribution in [2.75, 3.05) is 24.2 Å². The number of amides is 1. The Hall–Kier alpha value is -4.58. The van der Waals surface area contributed by atoms with E-state index in [1.165, 1.54) is 0 Å². The van der Waals surface area contributed by atoms with E-state index in [0.29, 0.717) is 41.0 Å². The molecular formula is C28H26FN7O. The number of carbonyl (C=O) groups excluding carboxylic acids is 1. The molecule has 0 fully saturated rings. The van der Waals surface area contributed by atoms with Crippen LogP contribution in [0.1, 0.15) is 35.3 Å². The van der Waals surface area contributed by atoms with Crippen molar-refractivity contribution < 1.29 is 9.18 Å². The van der Waals surface area contributed by atoms with Crippen molar-refractivity contribution in [3.05, 3.63) is 76.8 Å². The molecule has 0 aliphatic carbocycles. The highest BCUT2D eigenvalue weighted by atomic mass is 19.1. The summed E-state index contributed by atoms with van der Waals surface area (Å²) < 4.78 is 18.1. The monoisotopic (exact) mass is 495 g/mol. The summed E-state index contributed by atoms with van der Waals surface area (Å²) >= 11 is 0. The molecule has 0 atom stereocenters. The van der Waals surface area contributed by atoms with E-state index in [-0.39, 0.29) is 5.69 Å². The zero-order valence-corrected chi connectivity index (χ0v) is 21.1. The number of aryl methyl sites for hydroxylation is 1. The van der Waals surface area contributed by atoms with Gasteiger partial charge < -0.3 is 15.2 Å². The fraction of sp³-hybridized carbons (Fsp3) is 0.250. The van der Waals surface area contributed by atoms with E-state index < -0.39 is 17.1 Å². The Balaban J connectivity index is 1.58. The van der Waals surface area contributed by atoms with Crippen LogP contribution < -0.4 is 16.3 Å². The standard InChI is InChI=1S/C28H26FN7O/c1-16-8-9-21(34-26(37)17-6-5-7-19(12-17)28(2,3)15-30)23(29)22(16)20-13-18-14-33-27(31-4)35-24(18)36-11-10-32-25(20)36/h5-9,12-14,32H,10-11H2,1-4H3,(H,34,37). The normalized spacial score (nSPS) is 13.2. The van der Waals surface area contributed by atoms with Gasteiger partial charge in [-0.25, -0.2) is 9.37 Å². The third-order valence-electron chi connectivity index (χ3n) is 6.69. The Bertz CT molecular complexity index is 1630. The number of halogens is 1. The summed E-state index contributed by atoms with van der Waals surface area (Å²) in [6, 6.07) is 14.3. The number of pyridine rings is 1. The van der Waals surface area contributed by atoms with Crippen molar-refractivity contribution in [3.63, 3.8) is 0 Å². The molecule has 0 spiro atoms. The van der Waals surface area contributed by atoms with Crippen LogP contribution in [0.15, 0.2) is 53.7 Å². The second kappa shape index (κ2) is 9.13.